The van der Waals surface area contributed by atoms with E-state index in [-0.39, 0.29) is 11.3 Å². The van der Waals surface area contributed by atoms with Crippen LogP contribution in [0.15, 0.2) is 66.7 Å². The van der Waals surface area contributed by atoms with Gasteiger partial charge in [0.25, 0.3) is 0 Å². The summed E-state index contributed by atoms with van der Waals surface area (Å²) < 4.78 is 13.7. The van der Waals surface area contributed by atoms with Crippen LogP contribution in [-0.4, -0.2) is 5.78 Å². The van der Waals surface area contributed by atoms with Crippen LogP contribution in [-0.2, 0) is 0 Å². The average Bonchev–Trinajstić information content (AvgIpc) is 2.46. The second-order valence-corrected chi connectivity index (χ2v) is 4.34. The molecule has 0 saturated carbocycles. The number of carbonyl (C=O) groups is 1. The Bertz CT molecular complexity index is 757. The van der Waals surface area contributed by atoms with Crippen LogP contribution in [0.5, 0.6) is 0 Å². The van der Waals surface area contributed by atoms with Gasteiger partial charge in [0, 0.05) is 5.56 Å². The fourth-order valence-corrected chi connectivity index (χ4v) is 2.21. The Morgan fingerprint density at radius 2 is 1.37 bits per heavy atom. The fourth-order valence-electron chi connectivity index (χ4n) is 2.21. The molecule has 19 heavy (non-hydrogen) atoms. The van der Waals surface area contributed by atoms with E-state index in [1.54, 1.807) is 18.2 Å². The molecule has 3 rings (SSSR count). The minimum atomic E-state index is -0.486. The Labute approximate surface area is 110 Å². The van der Waals surface area contributed by atoms with Crippen molar-refractivity contribution < 1.29 is 9.18 Å². The number of ketones is 1. The lowest BCUT2D eigenvalue weighted by Gasteiger charge is -2.06. The van der Waals surface area contributed by atoms with Crippen molar-refractivity contribution >= 4 is 16.6 Å². The summed E-state index contributed by atoms with van der Waals surface area (Å²) in [7, 11) is 0. The molecule has 0 fully saturated rings. The lowest BCUT2D eigenvalue weighted by atomic mass is 9.97. The van der Waals surface area contributed by atoms with E-state index in [1.807, 2.05) is 36.4 Å². The van der Waals surface area contributed by atoms with Gasteiger partial charge < -0.3 is 0 Å². The third kappa shape index (κ3) is 2.02. The first-order valence-corrected chi connectivity index (χ1v) is 6.04. The number of rotatable bonds is 2. The lowest BCUT2D eigenvalue weighted by Crippen LogP contribution is -2.04. The Kier molecular flexibility index (Phi) is 2.84. The maximum absolute atomic E-state index is 13.7. The summed E-state index contributed by atoms with van der Waals surface area (Å²) in [6, 6.07) is 19.2. The minimum Gasteiger partial charge on any atom is -0.288 e. The topological polar surface area (TPSA) is 17.1 Å². The van der Waals surface area contributed by atoms with Crippen molar-refractivity contribution in [3.8, 4) is 0 Å². The van der Waals surface area contributed by atoms with E-state index in [4.69, 9.17) is 0 Å². The molecule has 0 atom stereocenters. The quantitative estimate of drug-likeness (QED) is 0.623. The molecule has 0 aliphatic carbocycles. The van der Waals surface area contributed by atoms with E-state index < -0.39 is 5.82 Å². The second-order valence-electron chi connectivity index (χ2n) is 4.34. The fraction of sp³-hybridized carbons (Fsp3) is 0. The molecule has 0 aromatic heterocycles. The molecular formula is C17H11FO. The largest absolute Gasteiger partial charge is 0.288 e. The van der Waals surface area contributed by atoms with Gasteiger partial charge in [-0.3, -0.25) is 4.79 Å². The molecule has 0 unspecified atom stereocenters. The Balaban J connectivity index is 2.20. The zero-order valence-electron chi connectivity index (χ0n) is 10.1. The van der Waals surface area contributed by atoms with Gasteiger partial charge in [-0.2, -0.15) is 0 Å². The van der Waals surface area contributed by atoms with Gasteiger partial charge in [0.15, 0.2) is 5.78 Å². The standard InChI is InChI=1S/C17H11FO/c18-16-11-4-3-9-15(16)17(19)14-10-5-7-12-6-1-2-8-13(12)14/h1-11H. The van der Waals surface area contributed by atoms with E-state index in [1.165, 1.54) is 12.1 Å². The van der Waals surface area contributed by atoms with Crippen LogP contribution in [0.1, 0.15) is 15.9 Å². The molecule has 0 amide bonds. The minimum absolute atomic E-state index is 0.110. The summed E-state index contributed by atoms with van der Waals surface area (Å²) in [4.78, 5) is 12.4. The van der Waals surface area contributed by atoms with Crippen molar-refractivity contribution in [2.75, 3.05) is 0 Å². The molecule has 0 N–H and O–H groups in total. The maximum atomic E-state index is 13.7. The summed E-state index contributed by atoms with van der Waals surface area (Å²) >= 11 is 0. The molecule has 3 aromatic carbocycles. The molecule has 0 bridgehead atoms. The molecule has 3 aromatic rings. The van der Waals surface area contributed by atoms with E-state index >= 15 is 0 Å². The van der Waals surface area contributed by atoms with Gasteiger partial charge >= 0.3 is 0 Å². The van der Waals surface area contributed by atoms with Gasteiger partial charge in [0.1, 0.15) is 5.82 Å². The molecule has 2 heteroatoms. The van der Waals surface area contributed by atoms with Crippen LogP contribution >= 0.6 is 0 Å². The van der Waals surface area contributed by atoms with Crippen LogP contribution in [0.4, 0.5) is 4.39 Å². The lowest BCUT2D eigenvalue weighted by molar-refractivity contribution is 0.103. The number of hydrogen-bond donors (Lipinski definition) is 0. The van der Waals surface area contributed by atoms with Gasteiger partial charge in [-0.1, -0.05) is 54.6 Å². The van der Waals surface area contributed by atoms with Crippen molar-refractivity contribution in [3.63, 3.8) is 0 Å². The number of carbonyl (C=O) groups excluding carboxylic acids is 1. The zero-order valence-corrected chi connectivity index (χ0v) is 10.1. The summed E-state index contributed by atoms with van der Waals surface area (Å²) in [5, 5.41) is 1.82. The summed E-state index contributed by atoms with van der Waals surface area (Å²) in [6.45, 7) is 0. The number of halogens is 1. The van der Waals surface area contributed by atoms with Gasteiger partial charge in [-0.05, 0) is 22.9 Å². The average molecular weight is 250 g/mol. The Morgan fingerprint density at radius 1 is 0.737 bits per heavy atom. The maximum Gasteiger partial charge on any atom is 0.196 e. The zero-order chi connectivity index (χ0) is 13.2. The first-order chi connectivity index (χ1) is 9.27. The Hall–Kier alpha value is -2.48. The van der Waals surface area contributed by atoms with Gasteiger partial charge in [0.05, 0.1) is 5.56 Å². The van der Waals surface area contributed by atoms with Crippen molar-refractivity contribution in [3.05, 3.63) is 83.7 Å². The van der Waals surface area contributed by atoms with Crippen LogP contribution in [0.25, 0.3) is 10.8 Å². The van der Waals surface area contributed by atoms with Gasteiger partial charge in [0.2, 0.25) is 0 Å². The molecule has 0 aliphatic heterocycles. The molecular weight excluding hydrogens is 239 g/mol. The highest BCUT2D eigenvalue weighted by molar-refractivity contribution is 6.16. The highest BCUT2D eigenvalue weighted by Crippen LogP contribution is 2.22. The molecule has 0 saturated heterocycles. The SMILES string of the molecule is O=C(c1ccccc1F)c1cccc2ccccc12. The van der Waals surface area contributed by atoms with Crippen molar-refractivity contribution in [1.82, 2.24) is 0 Å². The third-order valence-corrected chi connectivity index (χ3v) is 3.15. The first-order valence-electron chi connectivity index (χ1n) is 6.04. The van der Waals surface area contributed by atoms with Crippen molar-refractivity contribution in [2.24, 2.45) is 0 Å². The van der Waals surface area contributed by atoms with Crippen molar-refractivity contribution in [1.29, 1.82) is 0 Å². The van der Waals surface area contributed by atoms with E-state index in [0.29, 0.717) is 5.56 Å². The summed E-state index contributed by atoms with van der Waals surface area (Å²) in [6.07, 6.45) is 0. The normalized spacial score (nSPS) is 10.6. The molecule has 0 aliphatic rings. The predicted octanol–water partition coefficient (Wildman–Crippen LogP) is 4.21. The van der Waals surface area contributed by atoms with Gasteiger partial charge in [-0.25, -0.2) is 4.39 Å². The predicted molar refractivity (Wildman–Crippen MR) is 73.8 cm³/mol. The molecule has 92 valence electrons. The monoisotopic (exact) mass is 250 g/mol. The highest BCUT2D eigenvalue weighted by atomic mass is 19.1. The van der Waals surface area contributed by atoms with Crippen molar-refractivity contribution in [2.45, 2.75) is 0 Å². The summed E-state index contributed by atoms with van der Waals surface area (Å²) in [5.41, 5.74) is 0.641. The number of benzene rings is 3. The second kappa shape index (κ2) is 4.65. The van der Waals surface area contributed by atoms with E-state index in [0.717, 1.165) is 10.8 Å². The molecule has 0 spiro atoms. The summed E-state index contributed by atoms with van der Waals surface area (Å²) in [5.74, 6) is -0.768. The molecule has 1 nitrogen and oxygen atoms in total. The Morgan fingerprint density at radius 3 is 2.21 bits per heavy atom. The van der Waals surface area contributed by atoms with Crippen LogP contribution in [0, 0.1) is 5.82 Å². The van der Waals surface area contributed by atoms with Crippen LogP contribution < -0.4 is 0 Å². The first kappa shape index (κ1) is 11.6. The number of fused-ring (bicyclic) bond motifs is 1. The van der Waals surface area contributed by atoms with Crippen LogP contribution in [0.3, 0.4) is 0 Å². The molecule has 0 radical (unpaired) electrons. The van der Waals surface area contributed by atoms with E-state index in [2.05, 4.69) is 0 Å². The smallest absolute Gasteiger partial charge is 0.196 e. The number of hydrogen-bond acceptors (Lipinski definition) is 1. The van der Waals surface area contributed by atoms with Crippen LogP contribution in [0.2, 0.25) is 0 Å². The molecule has 0 heterocycles. The van der Waals surface area contributed by atoms with E-state index in [9.17, 15) is 9.18 Å². The third-order valence-electron chi connectivity index (χ3n) is 3.15. The highest BCUT2D eigenvalue weighted by Gasteiger charge is 2.15. The van der Waals surface area contributed by atoms with Gasteiger partial charge in [-0.15, -0.1) is 0 Å².